The zero-order valence-electron chi connectivity index (χ0n) is 11.8. The van der Waals surface area contributed by atoms with E-state index >= 15 is 0 Å². The van der Waals surface area contributed by atoms with Crippen LogP contribution in [0.4, 0.5) is 14.5 Å². The Labute approximate surface area is 118 Å². The van der Waals surface area contributed by atoms with Crippen LogP contribution in [0.25, 0.3) is 0 Å². The molecule has 20 heavy (non-hydrogen) atoms. The number of nitrogens with zero attached hydrogens (tertiary/aromatic N) is 1. The summed E-state index contributed by atoms with van der Waals surface area (Å²) in [7, 11) is 0. The lowest BCUT2D eigenvalue weighted by molar-refractivity contribution is -0.124. The number of piperidine rings is 1. The molecular weight excluding hydrogens is 262 g/mol. The van der Waals surface area contributed by atoms with Gasteiger partial charge in [0.1, 0.15) is 0 Å². The van der Waals surface area contributed by atoms with E-state index in [1.165, 1.54) is 6.07 Å². The Balaban J connectivity index is 2.02. The Morgan fingerprint density at radius 2 is 2.10 bits per heavy atom. The summed E-state index contributed by atoms with van der Waals surface area (Å²) in [5.41, 5.74) is 0.660. The molecule has 1 aromatic rings. The molecule has 2 rings (SSSR count). The van der Waals surface area contributed by atoms with E-state index in [0.717, 1.165) is 25.5 Å². The number of halogens is 2. The molecule has 0 aliphatic carbocycles. The highest BCUT2D eigenvalue weighted by Gasteiger charge is 2.23. The molecule has 5 heteroatoms. The van der Waals surface area contributed by atoms with Gasteiger partial charge in [0.25, 0.3) is 0 Å². The van der Waals surface area contributed by atoms with Crippen molar-refractivity contribution < 1.29 is 13.6 Å². The third-order valence-electron chi connectivity index (χ3n) is 3.56. The normalized spacial score (nSPS) is 19.2. The van der Waals surface area contributed by atoms with Crippen LogP contribution in [0, 0.1) is 17.6 Å². The van der Waals surface area contributed by atoms with Crippen LogP contribution in [-0.4, -0.2) is 25.0 Å². The van der Waals surface area contributed by atoms with Gasteiger partial charge in [-0.05, 0) is 25.0 Å². The van der Waals surface area contributed by atoms with E-state index in [1.807, 2.05) is 18.7 Å². The predicted octanol–water partition coefficient (Wildman–Crippen LogP) is 2.71. The van der Waals surface area contributed by atoms with E-state index < -0.39 is 11.6 Å². The van der Waals surface area contributed by atoms with Crippen molar-refractivity contribution in [2.45, 2.75) is 32.7 Å². The standard InChI is InChI=1S/C15H20F2N2O/c1-10(2)15(20)18-11-4-3-7-19(9-11)12-5-6-13(16)14(17)8-12/h5-6,8,10-11H,3-4,7,9H2,1-2H3,(H,18,20). The first-order valence-corrected chi connectivity index (χ1v) is 6.97. The monoisotopic (exact) mass is 282 g/mol. The molecule has 1 heterocycles. The van der Waals surface area contributed by atoms with Gasteiger partial charge in [-0.2, -0.15) is 0 Å². The summed E-state index contributed by atoms with van der Waals surface area (Å²) < 4.78 is 26.2. The fourth-order valence-corrected chi connectivity index (χ4v) is 2.38. The summed E-state index contributed by atoms with van der Waals surface area (Å²) >= 11 is 0. The Morgan fingerprint density at radius 3 is 2.75 bits per heavy atom. The molecule has 0 aromatic heterocycles. The molecule has 0 spiro atoms. The maximum atomic E-state index is 13.3. The quantitative estimate of drug-likeness (QED) is 0.924. The van der Waals surface area contributed by atoms with Crippen LogP contribution in [0.3, 0.4) is 0 Å². The van der Waals surface area contributed by atoms with Crippen LogP contribution < -0.4 is 10.2 Å². The van der Waals surface area contributed by atoms with E-state index in [0.29, 0.717) is 12.2 Å². The second kappa shape index (κ2) is 6.20. The molecular formula is C15H20F2N2O. The van der Waals surface area contributed by atoms with Crippen molar-refractivity contribution in [2.24, 2.45) is 5.92 Å². The first-order valence-electron chi connectivity index (χ1n) is 6.97. The van der Waals surface area contributed by atoms with Gasteiger partial charge in [0.2, 0.25) is 5.91 Å². The maximum absolute atomic E-state index is 13.3. The van der Waals surface area contributed by atoms with Gasteiger partial charge in [0, 0.05) is 36.8 Å². The smallest absolute Gasteiger partial charge is 0.222 e. The van der Waals surface area contributed by atoms with E-state index in [-0.39, 0.29) is 17.9 Å². The molecule has 1 unspecified atom stereocenters. The molecule has 1 amide bonds. The number of carbonyl (C=O) groups excluding carboxylic acids is 1. The van der Waals surface area contributed by atoms with Gasteiger partial charge >= 0.3 is 0 Å². The minimum absolute atomic E-state index is 0.0298. The van der Waals surface area contributed by atoms with Gasteiger partial charge in [-0.1, -0.05) is 13.8 Å². The fraction of sp³-hybridized carbons (Fsp3) is 0.533. The highest BCUT2D eigenvalue weighted by Crippen LogP contribution is 2.22. The highest BCUT2D eigenvalue weighted by atomic mass is 19.2. The van der Waals surface area contributed by atoms with Crippen LogP contribution in [0.2, 0.25) is 0 Å². The Kier molecular flexibility index (Phi) is 4.57. The largest absolute Gasteiger partial charge is 0.369 e. The second-order valence-corrected chi connectivity index (χ2v) is 5.55. The lowest BCUT2D eigenvalue weighted by Gasteiger charge is -2.35. The van der Waals surface area contributed by atoms with E-state index in [2.05, 4.69) is 5.32 Å². The molecule has 0 bridgehead atoms. The second-order valence-electron chi connectivity index (χ2n) is 5.55. The Bertz CT molecular complexity index is 491. The molecule has 1 N–H and O–H groups in total. The van der Waals surface area contributed by atoms with Crippen LogP contribution >= 0.6 is 0 Å². The number of amides is 1. The number of carbonyl (C=O) groups is 1. The molecule has 0 saturated carbocycles. The highest BCUT2D eigenvalue weighted by molar-refractivity contribution is 5.78. The minimum atomic E-state index is -0.838. The van der Waals surface area contributed by atoms with Gasteiger partial charge in [-0.3, -0.25) is 4.79 Å². The van der Waals surface area contributed by atoms with Crippen molar-refractivity contribution >= 4 is 11.6 Å². The van der Waals surface area contributed by atoms with E-state index in [4.69, 9.17) is 0 Å². The van der Waals surface area contributed by atoms with Crippen LogP contribution in [0.5, 0.6) is 0 Å². The molecule has 0 radical (unpaired) electrons. The summed E-state index contributed by atoms with van der Waals surface area (Å²) in [5.74, 6) is -1.69. The van der Waals surface area contributed by atoms with Gasteiger partial charge in [-0.15, -0.1) is 0 Å². The molecule has 3 nitrogen and oxygen atoms in total. The third-order valence-corrected chi connectivity index (χ3v) is 3.56. The van der Waals surface area contributed by atoms with Crippen molar-refractivity contribution in [3.8, 4) is 0 Å². The zero-order valence-corrected chi connectivity index (χ0v) is 11.8. The summed E-state index contributed by atoms with van der Waals surface area (Å²) in [6, 6.07) is 3.99. The van der Waals surface area contributed by atoms with Crippen LogP contribution in [0.1, 0.15) is 26.7 Å². The van der Waals surface area contributed by atoms with E-state index in [1.54, 1.807) is 6.07 Å². The molecule has 1 aliphatic heterocycles. The SMILES string of the molecule is CC(C)C(=O)NC1CCCN(c2ccc(F)c(F)c2)C1. The zero-order chi connectivity index (χ0) is 14.7. The number of anilines is 1. The maximum Gasteiger partial charge on any atom is 0.222 e. The summed E-state index contributed by atoms with van der Waals surface area (Å²) in [5, 5.41) is 3.00. The first-order chi connectivity index (χ1) is 9.47. The topological polar surface area (TPSA) is 32.3 Å². The lowest BCUT2D eigenvalue weighted by Crippen LogP contribution is -2.48. The Hall–Kier alpha value is -1.65. The summed E-state index contributed by atoms with van der Waals surface area (Å²) in [4.78, 5) is 13.7. The molecule has 1 saturated heterocycles. The van der Waals surface area contributed by atoms with Crippen molar-refractivity contribution in [3.63, 3.8) is 0 Å². The van der Waals surface area contributed by atoms with Crippen molar-refractivity contribution in [1.29, 1.82) is 0 Å². The van der Waals surface area contributed by atoms with Crippen LogP contribution in [-0.2, 0) is 4.79 Å². The van der Waals surface area contributed by atoms with Crippen LogP contribution in [0.15, 0.2) is 18.2 Å². The van der Waals surface area contributed by atoms with Gasteiger partial charge in [0.05, 0.1) is 0 Å². The minimum Gasteiger partial charge on any atom is -0.369 e. The van der Waals surface area contributed by atoms with Crippen molar-refractivity contribution in [2.75, 3.05) is 18.0 Å². The third kappa shape index (κ3) is 3.46. The van der Waals surface area contributed by atoms with E-state index in [9.17, 15) is 13.6 Å². The average Bonchev–Trinajstić information content (AvgIpc) is 2.42. The van der Waals surface area contributed by atoms with Gasteiger partial charge in [0.15, 0.2) is 11.6 Å². The first kappa shape index (κ1) is 14.8. The molecule has 110 valence electrons. The predicted molar refractivity (Wildman–Crippen MR) is 74.6 cm³/mol. The lowest BCUT2D eigenvalue weighted by atomic mass is 10.0. The summed E-state index contributed by atoms with van der Waals surface area (Å²) in [6.07, 6.45) is 1.83. The van der Waals surface area contributed by atoms with Gasteiger partial charge < -0.3 is 10.2 Å². The molecule has 1 aliphatic rings. The van der Waals surface area contributed by atoms with Crippen molar-refractivity contribution in [3.05, 3.63) is 29.8 Å². The number of hydrogen-bond acceptors (Lipinski definition) is 2. The number of rotatable bonds is 3. The number of nitrogens with one attached hydrogen (secondary N) is 1. The Morgan fingerprint density at radius 1 is 1.35 bits per heavy atom. The molecule has 1 aromatic carbocycles. The summed E-state index contributed by atoms with van der Waals surface area (Å²) in [6.45, 7) is 5.12. The number of hydrogen-bond donors (Lipinski definition) is 1. The number of benzene rings is 1. The molecule has 1 atom stereocenters. The molecule has 1 fully saturated rings. The van der Waals surface area contributed by atoms with Gasteiger partial charge in [-0.25, -0.2) is 8.78 Å². The fourth-order valence-electron chi connectivity index (χ4n) is 2.38. The van der Waals surface area contributed by atoms with Crippen molar-refractivity contribution in [1.82, 2.24) is 5.32 Å². The average molecular weight is 282 g/mol.